The number of nitrogens with one attached hydrogen (secondary N) is 2. The highest BCUT2D eigenvalue weighted by Crippen LogP contribution is 2.39. The van der Waals surface area contributed by atoms with Gasteiger partial charge in [-0.05, 0) is 70.8 Å². The Morgan fingerprint density at radius 1 is 1.21 bits per heavy atom. The van der Waals surface area contributed by atoms with Crippen LogP contribution in [-0.4, -0.2) is 45.7 Å². The van der Waals surface area contributed by atoms with Crippen LogP contribution in [0.25, 0.3) is 10.9 Å². The Kier molecular flexibility index (Phi) is 7.69. The Morgan fingerprint density at radius 3 is 2.61 bits per heavy atom. The molecule has 3 aromatic rings. The van der Waals surface area contributed by atoms with E-state index in [9.17, 15) is 9.59 Å². The molecule has 2 aromatic heterocycles. The predicted octanol–water partition coefficient (Wildman–Crippen LogP) is 5.17. The third-order valence-electron chi connectivity index (χ3n) is 8.70. The fraction of sp³-hybridized carbons (Fsp3) is 0.500. The van der Waals surface area contributed by atoms with Crippen LogP contribution in [0.3, 0.4) is 0 Å². The van der Waals surface area contributed by atoms with E-state index in [1.807, 2.05) is 44.4 Å². The lowest BCUT2D eigenvalue weighted by molar-refractivity contribution is 0.0448. The molecule has 1 aliphatic heterocycles. The number of aryl methyl sites for hydroxylation is 1. The number of fused-ring (bicyclic) bond motifs is 1. The smallest absolute Gasteiger partial charge is 0.254 e. The van der Waals surface area contributed by atoms with Gasteiger partial charge in [-0.1, -0.05) is 18.2 Å². The molecular formula is C30H37N5O2S. The predicted molar refractivity (Wildman–Crippen MR) is 153 cm³/mol. The minimum absolute atomic E-state index is 0.148. The third kappa shape index (κ3) is 4.90. The van der Waals surface area contributed by atoms with Crippen LogP contribution in [0.1, 0.15) is 66.0 Å². The number of hydrogen-bond donors (Lipinski definition) is 2. The second kappa shape index (κ2) is 11.0. The van der Waals surface area contributed by atoms with Gasteiger partial charge in [-0.2, -0.15) is 5.26 Å². The van der Waals surface area contributed by atoms with Crippen molar-refractivity contribution in [2.75, 3.05) is 19.3 Å². The van der Waals surface area contributed by atoms with Crippen molar-refractivity contribution in [3.63, 3.8) is 0 Å². The number of carbonyl (C=O) groups is 1. The molecule has 200 valence electrons. The summed E-state index contributed by atoms with van der Waals surface area (Å²) in [4.78, 5) is 32.4. The molecule has 2 fully saturated rings. The van der Waals surface area contributed by atoms with Crippen molar-refractivity contribution in [1.82, 2.24) is 19.8 Å². The van der Waals surface area contributed by atoms with E-state index in [-0.39, 0.29) is 30.0 Å². The van der Waals surface area contributed by atoms with Gasteiger partial charge in [0.05, 0.1) is 17.6 Å². The van der Waals surface area contributed by atoms with E-state index in [1.165, 1.54) is 24.6 Å². The lowest BCUT2D eigenvalue weighted by atomic mass is 9.80. The molecule has 1 aliphatic carbocycles. The zero-order valence-electron chi connectivity index (χ0n) is 22.7. The van der Waals surface area contributed by atoms with Crippen LogP contribution in [0.5, 0.6) is 0 Å². The topological polar surface area (TPSA) is 93.9 Å². The largest absolute Gasteiger partial charge is 0.348 e. The SMILES string of the molecule is CSc1cc(C)[nH]c(=O)c1CNC(=O)c1c(C)n(C(C)C2CCC(N3CC(C#N)C3)CC2)c2ccccc12. The van der Waals surface area contributed by atoms with Crippen molar-refractivity contribution >= 4 is 28.6 Å². The average molecular weight is 532 g/mol. The van der Waals surface area contributed by atoms with Gasteiger partial charge in [0.15, 0.2) is 0 Å². The summed E-state index contributed by atoms with van der Waals surface area (Å²) in [6.45, 7) is 8.24. The molecule has 1 atom stereocenters. The molecule has 1 saturated heterocycles. The molecule has 2 N–H and O–H groups in total. The number of thioether (sulfide) groups is 1. The van der Waals surface area contributed by atoms with Crippen molar-refractivity contribution in [2.24, 2.45) is 11.8 Å². The van der Waals surface area contributed by atoms with Crippen LogP contribution in [-0.2, 0) is 6.54 Å². The van der Waals surface area contributed by atoms with Gasteiger partial charge in [0, 0.05) is 64.5 Å². The molecule has 7 nitrogen and oxygen atoms in total. The highest BCUT2D eigenvalue weighted by atomic mass is 32.2. The summed E-state index contributed by atoms with van der Waals surface area (Å²) in [6, 6.07) is 13.4. The fourth-order valence-corrected chi connectivity index (χ4v) is 7.25. The van der Waals surface area contributed by atoms with E-state index < -0.39 is 0 Å². The Bertz CT molecular complexity index is 1440. The number of hydrogen-bond acceptors (Lipinski definition) is 5. The number of aromatic nitrogens is 2. The number of rotatable bonds is 7. The summed E-state index contributed by atoms with van der Waals surface area (Å²) in [6.07, 6.45) is 6.59. The number of nitriles is 1. The zero-order chi connectivity index (χ0) is 27.0. The molecule has 2 aliphatic rings. The molecule has 3 heterocycles. The second-order valence-electron chi connectivity index (χ2n) is 10.9. The Hall–Kier alpha value is -3.02. The van der Waals surface area contributed by atoms with Gasteiger partial charge in [-0.15, -0.1) is 11.8 Å². The minimum Gasteiger partial charge on any atom is -0.348 e. The molecule has 8 heteroatoms. The number of aromatic amines is 1. The van der Waals surface area contributed by atoms with Crippen LogP contribution in [0.15, 0.2) is 40.0 Å². The van der Waals surface area contributed by atoms with E-state index in [4.69, 9.17) is 5.26 Å². The Morgan fingerprint density at radius 2 is 1.92 bits per heavy atom. The maximum Gasteiger partial charge on any atom is 0.254 e. The van der Waals surface area contributed by atoms with Crippen LogP contribution in [0.4, 0.5) is 0 Å². The summed E-state index contributed by atoms with van der Waals surface area (Å²) in [5.74, 6) is 0.604. The van der Waals surface area contributed by atoms with Gasteiger partial charge < -0.3 is 14.9 Å². The molecule has 0 spiro atoms. The molecule has 5 rings (SSSR count). The number of amides is 1. The lowest BCUT2D eigenvalue weighted by Gasteiger charge is -2.45. The molecule has 1 unspecified atom stereocenters. The van der Waals surface area contributed by atoms with Crippen molar-refractivity contribution in [1.29, 1.82) is 5.26 Å². The van der Waals surface area contributed by atoms with Crippen LogP contribution >= 0.6 is 11.8 Å². The van der Waals surface area contributed by atoms with Gasteiger partial charge >= 0.3 is 0 Å². The maximum absolute atomic E-state index is 13.6. The number of H-pyrrole nitrogens is 1. The Labute approximate surface area is 228 Å². The molecule has 1 saturated carbocycles. The molecule has 1 amide bonds. The summed E-state index contributed by atoms with van der Waals surface area (Å²) in [7, 11) is 0. The monoisotopic (exact) mass is 531 g/mol. The first kappa shape index (κ1) is 26.6. The zero-order valence-corrected chi connectivity index (χ0v) is 23.5. The number of benzene rings is 1. The fourth-order valence-electron chi connectivity index (χ4n) is 6.55. The number of pyridine rings is 1. The van der Waals surface area contributed by atoms with E-state index in [0.717, 1.165) is 53.1 Å². The van der Waals surface area contributed by atoms with Gasteiger partial charge in [0.2, 0.25) is 0 Å². The number of likely N-dealkylation sites (tertiary alicyclic amines) is 1. The molecule has 38 heavy (non-hydrogen) atoms. The first-order valence-electron chi connectivity index (χ1n) is 13.6. The highest BCUT2D eigenvalue weighted by Gasteiger charge is 2.36. The standard InChI is InChI=1S/C30H37N5O2S/c1-18-13-27(38-4)25(29(36)33-18)15-32-30(37)28-20(3)35(26-8-6-5-7-24(26)28)19(2)22-9-11-23(12-10-22)34-16-21(14-31)17-34/h5-8,13,19,21-23H,9-12,15-17H2,1-4H3,(H,32,37)(H,33,36). The summed E-state index contributed by atoms with van der Waals surface area (Å²) in [5, 5.41) is 13.1. The third-order valence-corrected chi connectivity index (χ3v) is 9.50. The van der Waals surface area contributed by atoms with E-state index in [2.05, 4.69) is 38.8 Å². The normalized spacial score (nSPS) is 21.1. The molecular weight excluding hydrogens is 494 g/mol. The van der Waals surface area contributed by atoms with Crippen molar-refractivity contribution in [3.8, 4) is 6.07 Å². The second-order valence-corrected chi connectivity index (χ2v) is 11.8. The van der Waals surface area contributed by atoms with Gasteiger partial charge in [-0.25, -0.2) is 0 Å². The first-order valence-corrected chi connectivity index (χ1v) is 14.8. The van der Waals surface area contributed by atoms with Gasteiger partial charge in [0.1, 0.15) is 0 Å². The molecule has 0 radical (unpaired) electrons. The summed E-state index contributed by atoms with van der Waals surface area (Å²) in [5.41, 5.74) is 4.00. The lowest BCUT2D eigenvalue weighted by Crippen LogP contribution is -2.52. The van der Waals surface area contributed by atoms with E-state index in [0.29, 0.717) is 23.1 Å². The number of nitrogens with zero attached hydrogens (tertiary/aromatic N) is 3. The summed E-state index contributed by atoms with van der Waals surface area (Å²) >= 11 is 1.52. The first-order chi connectivity index (χ1) is 18.3. The number of para-hydroxylation sites is 1. The quantitative estimate of drug-likeness (QED) is 0.410. The van der Waals surface area contributed by atoms with Crippen LogP contribution in [0.2, 0.25) is 0 Å². The van der Waals surface area contributed by atoms with Crippen molar-refractivity contribution < 1.29 is 4.79 Å². The van der Waals surface area contributed by atoms with E-state index >= 15 is 0 Å². The maximum atomic E-state index is 13.6. The number of carbonyl (C=O) groups excluding carboxylic acids is 1. The molecule has 0 bridgehead atoms. The van der Waals surface area contributed by atoms with Crippen LogP contribution < -0.4 is 10.9 Å². The van der Waals surface area contributed by atoms with Gasteiger partial charge in [0.25, 0.3) is 11.5 Å². The minimum atomic E-state index is -0.153. The van der Waals surface area contributed by atoms with Crippen molar-refractivity contribution in [3.05, 3.63) is 63.2 Å². The Balaban J connectivity index is 1.35. The average Bonchev–Trinajstić information content (AvgIpc) is 3.18. The highest BCUT2D eigenvalue weighted by molar-refractivity contribution is 7.98. The molecule has 1 aromatic carbocycles. The van der Waals surface area contributed by atoms with Crippen LogP contribution in [0, 0.1) is 37.0 Å². The van der Waals surface area contributed by atoms with Crippen molar-refractivity contribution in [2.45, 2.75) is 70.0 Å². The van der Waals surface area contributed by atoms with E-state index in [1.54, 1.807) is 0 Å². The van der Waals surface area contributed by atoms with Gasteiger partial charge in [-0.3, -0.25) is 14.5 Å². The summed E-state index contributed by atoms with van der Waals surface area (Å²) < 4.78 is 2.36.